The summed E-state index contributed by atoms with van der Waals surface area (Å²) in [5.74, 6) is 1.43. The van der Waals surface area contributed by atoms with Crippen molar-refractivity contribution in [2.24, 2.45) is 0 Å². The molecule has 0 amide bonds. The first-order chi connectivity index (χ1) is 14.0. The van der Waals surface area contributed by atoms with Gasteiger partial charge < -0.3 is 0 Å². The second kappa shape index (κ2) is 8.80. The second-order valence-electron chi connectivity index (χ2n) is 6.44. The number of aryl methyl sites for hydroxylation is 1. The van der Waals surface area contributed by atoms with Gasteiger partial charge in [0.15, 0.2) is 11.0 Å². The Kier molecular flexibility index (Phi) is 6.16. The number of hydrogen-bond acceptors (Lipinski definition) is 3. The highest BCUT2D eigenvalue weighted by Crippen LogP contribution is 2.35. The number of nitrogens with zero attached hydrogens (tertiary/aromatic N) is 3. The van der Waals surface area contributed by atoms with Crippen LogP contribution in [-0.2, 0) is 5.75 Å². The topological polar surface area (TPSA) is 30.7 Å². The standard InChI is InChI=1S/C22H16Cl3N3S/c1-14-6-2-3-7-15(14)13-29-22-27-26-21(17-8-4-5-9-18(17)23)28(22)16-10-11-19(24)20(25)12-16/h2-12H,13H2,1H3. The lowest BCUT2D eigenvalue weighted by molar-refractivity contribution is 0.886. The molecule has 3 aromatic carbocycles. The lowest BCUT2D eigenvalue weighted by atomic mass is 10.1. The van der Waals surface area contributed by atoms with Crippen molar-refractivity contribution in [3.8, 4) is 17.1 Å². The SMILES string of the molecule is Cc1ccccc1CSc1nnc(-c2ccccc2Cl)n1-c1ccc(Cl)c(Cl)c1. The van der Waals surface area contributed by atoms with Crippen LogP contribution in [0.4, 0.5) is 0 Å². The van der Waals surface area contributed by atoms with E-state index in [9.17, 15) is 0 Å². The molecule has 29 heavy (non-hydrogen) atoms. The van der Waals surface area contributed by atoms with Crippen molar-refractivity contribution in [3.63, 3.8) is 0 Å². The van der Waals surface area contributed by atoms with Gasteiger partial charge in [0.05, 0.1) is 20.8 Å². The maximum atomic E-state index is 6.44. The van der Waals surface area contributed by atoms with Crippen LogP contribution in [0.1, 0.15) is 11.1 Å². The summed E-state index contributed by atoms with van der Waals surface area (Å²) in [6, 6.07) is 21.4. The lowest BCUT2D eigenvalue weighted by Crippen LogP contribution is -2.00. The molecular formula is C22H16Cl3N3S. The van der Waals surface area contributed by atoms with Crippen LogP contribution < -0.4 is 0 Å². The number of benzene rings is 3. The van der Waals surface area contributed by atoms with E-state index in [2.05, 4.69) is 29.3 Å². The number of aromatic nitrogens is 3. The van der Waals surface area contributed by atoms with Gasteiger partial charge in [0.2, 0.25) is 0 Å². The van der Waals surface area contributed by atoms with Gasteiger partial charge >= 0.3 is 0 Å². The van der Waals surface area contributed by atoms with Gasteiger partial charge in [-0.15, -0.1) is 10.2 Å². The Morgan fingerprint density at radius 2 is 1.59 bits per heavy atom. The van der Waals surface area contributed by atoms with Crippen molar-refractivity contribution in [3.05, 3.63) is 92.9 Å². The Morgan fingerprint density at radius 1 is 0.828 bits per heavy atom. The average molecular weight is 461 g/mol. The second-order valence-corrected chi connectivity index (χ2v) is 8.60. The molecule has 0 spiro atoms. The van der Waals surface area contributed by atoms with Gasteiger partial charge in [-0.3, -0.25) is 4.57 Å². The van der Waals surface area contributed by atoms with Gasteiger partial charge in [-0.2, -0.15) is 0 Å². The Labute approximate surface area is 188 Å². The van der Waals surface area contributed by atoms with E-state index in [1.165, 1.54) is 11.1 Å². The quantitative estimate of drug-likeness (QED) is 0.289. The minimum Gasteiger partial charge on any atom is -0.270 e. The summed E-state index contributed by atoms with van der Waals surface area (Å²) in [4.78, 5) is 0. The first kappa shape index (κ1) is 20.3. The van der Waals surface area contributed by atoms with Crippen molar-refractivity contribution in [2.75, 3.05) is 0 Å². The Bertz CT molecular complexity index is 1170. The fourth-order valence-corrected chi connectivity index (χ4v) is 4.49. The van der Waals surface area contributed by atoms with Crippen molar-refractivity contribution in [2.45, 2.75) is 17.8 Å². The van der Waals surface area contributed by atoms with E-state index < -0.39 is 0 Å². The highest BCUT2D eigenvalue weighted by atomic mass is 35.5. The maximum Gasteiger partial charge on any atom is 0.196 e. The van der Waals surface area contributed by atoms with Gasteiger partial charge in [-0.1, -0.05) is 83.0 Å². The fourth-order valence-electron chi connectivity index (χ4n) is 2.95. The predicted octanol–water partition coefficient (Wildman–Crippen LogP) is 7.50. The largest absolute Gasteiger partial charge is 0.270 e. The van der Waals surface area contributed by atoms with E-state index in [-0.39, 0.29) is 0 Å². The molecule has 0 radical (unpaired) electrons. The molecule has 0 saturated carbocycles. The minimum absolute atomic E-state index is 0.470. The zero-order valence-corrected chi connectivity index (χ0v) is 18.5. The molecule has 0 unspecified atom stereocenters. The molecule has 7 heteroatoms. The van der Waals surface area contributed by atoms with Gasteiger partial charge in [-0.25, -0.2) is 0 Å². The summed E-state index contributed by atoms with van der Waals surface area (Å²) in [5, 5.41) is 11.2. The van der Waals surface area contributed by atoms with Crippen LogP contribution in [-0.4, -0.2) is 14.8 Å². The van der Waals surface area contributed by atoms with E-state index >= 15 is 0 Å². The third-order valence-electron chi connectivity index (χ3n) is 4.53. The normalized spacial score (nSPS) is 11.0. The van der Waals surface area contributed by atoms with Crippen LogP contribution >= 0.6 is 46.6 Å². The van der Waals surface area contributed by atoms with Crippen LogP contribution in [0.2, 0.25) is 15.1 Å². The molecule has 4 aromatic rings. The Morgan fingerprint density at radius 3 is 2.34 bits per heavy atom. The molecule has 1 aromatic heterocycles. The van der Waals surface area contributed by atoms with Gasteiger partial charge in [0.25, 0.3) is 0 Å². The van der Waals surface area contributed by atoms with E-state index in [4.69, 9.17) is 34.8 Å². The molecule has 0 saturated heterocycles. The number of hydrogen-bond donors (Lipinski definition) is 0. The molecule has 0 aliphatic heterocycles. The zero-order valence-electron chi connectivity index (χ0n) is 15.4. The summed E-state index contributed by atoms with van der Waals surface area (Å²) in [7, 11) is 0. The van der Waals surface area contributed by atoms with Gasteiger partial charge in [-0.05, 0) is 48.4 Å². The Balaban J connectivity index is 1.80. The van der Waals surface area contributed by atoms with Gasteiger partial charge in [0, 0.05) is 11.3 Å². The van der Waals surface area contributed by atoms with Crippen molar-refractivity contribution < 1.29 is 0 Å². The fraction of sp³-hybridized carbons (Fsp3) is 0.0909. The lowest BCUT2D eigenvalue weighted by Gasteiger charge is -2.12. The van der Waals surface area contributed by atoms with Crippen LogP contribution in [0, 0.1) is 6.92 Å². The zero-order chi connectivity index (χ0) is 20.4. The molecule has 0 bridgehead atoms. The van der Waals surface area contributed by atoms with Crippen LogP contribution in [0.25, 0.3) is 17.1 Å². The third kappa shape index (κ3) is 4.31. The van der Waals surface area contributed by atoms with Crippen LogP contribution in [0.5, 0.6) is 0 Å². The molecule has 0 N–H and O–H groups in total. The molecule has 4 rings (SSSR count). The smallest absolute Gasteiger partial charge is 0.196 e. The van der Waals surface area contributed by atoms with Crippen molar-refractivity contribution in [1.29, 1.82) is 0 Å². The third-order valence-corrected chi connectivity index (χ3v) is 6.57. The summed E-state index contributed by atoms with van der Waals surface area (Å²) in [6.45, 7) is 2.11. The monoisotopic (exact) mass is 459 g/mol. The van der Waals surface area contributed by atoms with E-state index in [0.717, 1.165) is 22.2 Å². The number of rotatable bonds is 5. The highest BCUT2D eigenvalue weighted by Gasteiger charge is 2.19. The molecule has 0 aliphatic rings. The molecule has 0 fully saturated rings. The minimum atomic E-state index is 0.470. The number of thioether (sulfide) groups is 1. The number of halogens is 3. The molecule has 0 aliphatic carbocycles. The van der Waals surface area contributed by atoms with E-state index in [1.807, 2.05) is 53.1 Å². The van der Waals surface area contributed by atoms with E-state index in [0.29, 0.717) is 20.9 Å². The first-order valence-corrected chi connectivity index (χ1v) is 11.0. The van der Waals surface area contributed by atoms with Crippen molar-refractivity contribution in [1.82, 2.24) is 14.8 Å². The summed E-state index contributed by atoms with van der Waals surface area (Å²) >= 11 is 20.5. The maximum absolute atomic E-state index is 6.44. The predicted molar refractivity (Wildman–Crippen MR) is 123 cm³/mol. The Hall–Kier alpha value is -1.98. The van der Waals surface area contributed by atoms with E-state index in [1.54, 1.807) is 17.8 Å². The molecular weight excluding hydrogens is 445 g/mol. The highest BCUT2D eigenvalue weighted by molar-refractivity contribution is 7.98. The molecule has 3 nitrogen and oxygen atoms in total. The molecule has 0 atom stereocenters. The van der Waals surface area contributed by atoms with Gasteiger partial charge in [0.1, 0.15) is 0 Å². The molecule has 146 valence electrons. The molecule has 1 heterocycles. The first-order valence-electron chi connectivity index (χ1n) is 8.87. The summed E-state index contributed by atoms with van der Waals surface area (Å²) < 4.78 is 1.96. The average Bonchev–Trinajstić information content (AvgIpc) is 3.13. The summed E-state index contributed by atoms with van der Waals surface area (Å²) in [5.41, 5.74) is 4.12. The van der Waals surface area contributed by atoms with Crippen LogP contribution in [0.15, 0.2) is 71.9 Å². The van der Waals surface area contributed by atoms with Crippen molar-refractivity contribution >= 4 is 46.6 Å². The summed E-state index contributed by atoms with van der Waals surface area (Å²) in [6.07, 6.45) is 0. The van der Waals surface area contributed by atoms with Crippen LogP contribution in [0.3, 0.4) is 0 Å².